The van der Waals surface area contributed by atoms with E-state index in [1.54, 1.807) is 12.4 Å². The van der Waals surface area contributed by atoms with E-state index in [1.165, 1.54) is 19.3 Å². The summed E-state index contributed by atoms with van der Waals surface area (Å²) in [7, 11) is 0. The minimum absolute atomic E-state index is 0.724. The van der Waals surface area contributed by atoms with Crippen LogP contribution >= 0.6 is 0 Å². The fourth-order valence-corrected chi connectivity index (χ4v) is 4.02. The summed E-state index contributed by atoms with van der Waals surface area (Å²) < 4.78 is 0. The molecule has 0 bridgehead atoms. The summed E-state index contributed by atoms with van der Waals surface area (Å²) in [5.74, 6) is 1.67. The van der Waals surface area contributed by atoms with Crippen molar-refractivity contribution in [1.29, 1.82) is 0 Å². The van der Waals surface area contributed by atoms with Gasteiger partial charge in [-0.25, -0.2) is 9.97 Å². The number of pyridine rings is 2. The maximum atomic E-state index is 4.89. The number of imidazole rings is 1. The quantitative estimate of drug-likeness (QED) is 0.439. The smallest absolute Gasteiger partial charge is 0.159 e. The summed E-state index contributed by atoms with van der Waals surface area (Å²) >= 11 is 0. The maximum absolute atomic E-state index is 4.89. The number of anilines is 1. The van der Waals surface area contributed by atoms with Crippen molar-refractivity contribution in [1.82, 2.24) is 40.3 Å². The highest BCUT2D eigenvalue weighted by Crippen LogP contribution is 2.31. The lowest BCUT2D eigenvalue weighted by atomic mass is 10.1. The van der Waals surface area contributed by atoms with Gasteiger partial charge in [-0.15, -0.1) is 0 Å². The highest BCUT2D eigenvalue weighted by atomic mass is 15.2. The molecule has 3 N–H and O–H groups in total. The summed E-state index contributed by atoms with van der Waals surface area (Å²) in [4.78, 5) is 19.8. The van der Waals surface area contributed by atoms with Gasteiger partial charge in [0.25, 0.3) is 0 Å². The third-order valence-corrected chi connectivity index (χ3v) is 5.50. The van der Waals surface area contributed by atoms with Crippen LogP contribution in [0.3, 0.4) is 0 Å². The van der Waals surface area contributed by atoms with Crippen LogP contribution in [0.1, 0.15) is 19.3 Å². The average molecular weight is 385 g/mol. The molecule has 5 aromatic rings. The van der Waals surface area contributed by atoms with E-state index in [0.717, 1.165) is 63.6 Å². The van der Waals surface area contributed by atoms with E-state index in [2.05, 4.69) is 40.2 Å². The molecular weight excluding hydrogens is 366 g/mol. The molecule has 29 heavy (non-hydrogen) atoms. The number of hydrogen-bond donors (Lipinski definition) is 3. The molecule has 9 nitrogen and oxygen atoms in total. The van der Waals surface area contributed by atoms with Crippen molar-refractivity contribution in [2.75, 3.05) is 18.0 Å². The molecular formula is C20H19N9. The number of piperidine rings is 1. The Morgan fingerprint density at radius 2 is 1.93 bits per heavy atom. The Labute approximate surface area is 165 Å². The second-order valence-corrected chi connectivity index (χ2v) is 7.34. The number of aromatic nitrogens is 8. The molecule has 1 fully saturated rings. The van der Waals surface area contributed by atoms with E-state index in [-0.39, 0.29) is 0 Å². The van der Waals surface area contributed by atoms with Gasteiger partial charge in [-0.3, -0.25) is 15.2 Å². The van der Waals surface area contributed by atoms with E-state index in [9.17, 15) is 0 Å². The number of H-pyrrole nitrogens is 3. The van der Waals surface area contributed by atoms with Crippen LogP contribution in [-0.2, 0) is 0 Å². The first-order valence-electron chi connectivity index (χ1n) is 9.80. The average Bonchev–Trinajstić information content (AvgIpc) is 3.52. The van der Waals surface area contributed by atoms with Crippen molar-refractivity contribution in [3.05, 3.63) is 36.9 Å². The second-order valence-electron chi connectivity index (χ2n) is 7.34. The number of nitrogens with one attached hydrogen (secondary N) is 3. The fraction of sp³-hybridized carbons (Fsp3) is 0.250. The monoisotopic (exact) mass is 385 g/mol. The maximum Gasteiger partial charge on any atom is 0.159 e. The number of aromatic amines is 3. The van der Waals surface area contributed by atoms with Crippen molar-refractivity contribution < 1.29 is 0 Å². The van der Waals surface area contributed by atoms with Crippen LogP contribution < -0.4 is 4.90 Å². The molecule has 0 spiro atoms. The van der Waals surface area contributed by atoms with Gasteiger partial charge in [-0.2, -0.15) is 10.2 Å². The van der Waals surface area contributed by atoms with Crippen molar-refractivity contribution in [2.24, 2.45) is 0 Å². The highest BCUT2D eigenvalue weighted by Gasteiger charge is 2.19. The van der Waals surface area contributed by atoms with E-state index in [1.807, 2.05) is 24.5 Å². The lowest BCUT2D eigenvalue weighted by Crippen LogP contribution is -2.30. The van der Waals surface area contributed by atoms with E-state index >= 15 is 0 Å². The molecule has 0 saturated carbocycles. The topological polar surface area (TPSA) is 115 Å². The predicted octanol–water partition coefficient (Wildman–Crippen LogP) is 3.28. The van der Waals surface area contributed by atoms with Crippen LogP contribution in [0, 0.1) is 0 Å². The molecule has 5 aromatic heterocycles. The number of rotatable bonds is 3. The Morgan fingerprint density at radius 3 is 2.79 bits per heavy atom. The molecule has 1 aliphatic heterocycles. The van der Waals surface area contributed by atoms with Crippen molar-refractivity contribution >= 4 is 27.8 Å². The van der Waals surface area contributed by atoms with Gasteiger partial charge in [0.2, 0.25) is 0 Å². The molecule has 144 valence electrons. The van der Waals surface area contributed by atoms with Crippen LogP contribution in [0.2, 0.25) is 0 Å². The molecule has 6 rings (SSSR count). The zero-order valence-corrected chi connectivity index (χ0v) is 15.7. The van der Waals surface area contributed by atoms with Gasteiger partial charge in [0.05, 0.1) is 29.1 Å². The minimum Gasteiger partial charge on any atom is -0.355 e. The van der Waals surface area contributed by atoms with Crippen LogP contribution in [0.15, 0.2) is 36.9 Å². The van der Waals surface area contributed by atoms with Crippen molar-refractivity contribution in [3.63, 3.8) is 0 Å². The van der Waals surface area contributed by atoms with Gasteiger partial charge >= 0.3 is 0 Å². The molecule has 0 unspecified atom stereocenters. The third kappa shape index (κ3) is 2.65. The summed E-state index contributed by atoms with van der Waals surface area (Å²) in [6.45, 7) is 2.05. The van der Waals surface area contributed by atoms with Gasteiger partial charge in [-0.05, 0) is 31.4 Å². The van der Waals surface area contributed by atoms with Gasteiger partial charge in [-0.1, -0.05) is 0 Å². The Bertz CT molecular complexity index is 1290. The molecule has 0 atom stereocenters. The van der Waals surface area contributed by atoms with Gasteiger partial charge in [0.15, 0.2) is 11.6 Å². The first kappa shape index (κ1) is 16.2. The summed E-state index contributed by atoms with van der Waals surface area (Å²) in [6, 6.07) is 3.97. The van der Waals surface area contributed by atoms with Gasteiger partial charge < -0.3 is 9.88 Å². The van der Waals surface area contributed by atoms with Crippen molar-refractivity contribution in [3.8, 4) is 22.8 Å². The minimum atomic E-state index is 0.724. The fourth-order valence-electron chi connectivity index (χ4n) is 4.02. The largest absolute Gasteiger partial charge is 0.355 e. The summed E-state index contributed by atoms with van der Waals surface area (Å²) in [5.41, 5.74) is 5.26. The first-order chi connectivity index (χ1) is 14.4. The Balaban J connectivity index is 1.48. The molecule has 1 aliphatic rings. The van der Waals surface area contributed by atoms with E-state index < -0.39 is 0 Å². The van der Waals surface area contributed by atoms with Gasteiger partial charge in [0.1, 0.15) is 11.2 Å². The number of hydrogen-bond acceptors (Lipinski definition) is 6. The Morgan fingerprint density at radius 1 is 1.00 bits per heavy atom. The SMILES string of the molecule is c1cc2[nH]c(-c3n[nH]c4cnc(-c5cn[nH]c5)cc34)nc2c(N2CCCCC2)n1. The molecule has 0 aliphatic carbocycles. The Hall–Kier alpha value is -3.75. The van der Waals surface area contributed by atoms with E-state index in [4.69, 9.17) is 4.98 Å². The summed E-state index contributed by atoms with van der Waals surface area (Å²) in [6.07, 6.45) is 10.9. The predicted molar refractivity (Wildman–Crippen MR) is 110 cm³/mol. The zero-order chi connectivity index (χ0) is 19.2. The van der Waals surface area contributed by atoms with Crippen LogP contribution in [0.5, 0.6) is 0 Å². The zero-order valence-electron chi connectivity index (χ0n) is 15.7. The first-order valence-corrected chi connectivity index (χ1v) is 9.80. The lowest BCUT2D eigenvalue weighted by Gasteiger charge is -2.27. The van der Waals surface area contributed by atoms with Crippen LogP contribution in [0.4, 0.5) is 5.82 Å². The lowest BCUT2D eigenvalue weighted by molar-refractivity contribution is 0.574. The molecule has 1 saturated heterocycles. The Kier molecular flexibility index (Phi) is 3.58. The number of nitrogens with zero attached hydrogens (tertiary/aromatic N) is 6. The number of fused-ring (bicyclic) bond motifs is 2. The molecule has 0 aromatic carbocycles. The molecule has 0 amide bonds. The standard InChI is InChI=1S/C20H19N9/c1-2-6-29(7-3-1)20-18-14(4-5-21-20)25-19(26-18)17-13-8-15(12-9-23-24-10-12)22-11-16(13)27-28-17/h4-5,8-11H,1-3,6-7H2,(H,23,24)(H,25,26)(H,27,28). The second kappa shape index (κ2) is 6.40. The normalized spacial score (nSPS) is 14.8. The highest BCUT2D eigenvalue weighted by molar-refractivity contribution is 5.96. The van der Waals surface area contributed by atoms with Crippen LogP contribution in [-0.4, -0.2) is 53.4 Å². The molecule has 9 heteroatoms. The van der Waals surface area contributed by atoms with Gasteiger partial charge in [0, 0.05) is 36.4 Å². The van der Waals surface area contributed by atoms with Crippen molar-refractivity contribution in [2.45, 2.75) is 19.3 Å². The summed E-state index contributed by atoms with van der Waals surface area (Å²) in [5, 5.41) is 15.4. The molecule has 0 radical (unpaired) electrons. The molecule has 6 heterocycles. The van der Waals surface area contributed by atoms with Crippen LogP contribution in [0.25, 0.3) is 44.7 Å². The van der Waals surface area contributed by atoms with E-state index in [0.29, 0.717) is 0 Å². The third-order valence-electron chi connectivity index (χ3n) is 5.50.